The summed E-state index contributed by atoms with van der Waals surface area (Å²) >= 11 is 0. The van der Waals surface area contributed by atoms with Gasteiger partial charge in [0.05, 0.1) is 17.9 Å². The monoisotopic (exact) mass is 477 g/mol. The maximum absolute atomic E-state index is 14.2. The topological polar surface area (TPSA) is 156 Å². The summed E-state index contributed by atoms with van der Waals surface area (Å²) in [5, 5.41) is 14.2. The number of anilines is 2. The van der Waals surface area contributed by atoms with Crippen LogP contribution >= 0.6 is 0 Å². The summed E-state index contributed by atoms with van der Waals surface area (Å²) in [5.74, 6) is -0.196. The zero-order chi connectivity index (χ0) is 25.4. The number of nitrogens with two attached hydrogens (primary N) is 2. The van der Waals surface area contributed by atoms with Crippen LogP contribution in [0.3, 0.4) is 0 Å². The maximum atomic E-state index is 14.2. The molecule has 0 saturated carbocycles. The molecule has 12 heteroatoms. The predicted molar refractivity (Wildman–Crippen MR) is 127 cm³/mol. The van der Waals surface area contributed by atoms with Crippen molar-refractivity contribution in [2.45, 2.75) is 33.4 Å². The minimum Gasteiger partial charge on any atom is -0.482 e. The van der Waals surface area contributed by atoms with Gasteiger partial charge in [0.2, 0.25) is 5.95 Å². The van der Waals surface area contributed by atoms with E-state index in [1.54, 1.807) is 20.0 Å². The Balaban J connectivity index is 0.00000141. The van der Waals surface area contributed by atoms with Gasteiger partial charge in [-0.25, -0.2) is 23.5 Å². The number of nitriles is 1. The highest BCUT2D eigenvalue weighted by molar-refractivity contribution is 5.73. The fourth-order valence-corrected chi connectivity index (χ4v) is 4.05. The third kappa shape index (κ3) is 3.86. The van der Waals surface area contributed by atoms with Crippen LogP contribution in [-0.4, -0.2) is 29.1 Å². The molecule has 1 aromatic carbocycles. The Morgan fingerprint density at radius 1 is 1.26 bits per heavy atom. The number of ether oxygens (including phenoxy) is 1. The Bertz CT molecular complexity index is 1530. The van der Waals surface area contributed by atoms with Crippen molar-refractivity contribution < 1.29 is 9.13 Å². The number of aryl methyl sites for hydroxylation is 1. The van der Waals surface area contributed by atoms with Crippen molar-refractivity contribution in [2.24, 2.45) is 7.05 Å². The SMILES string of the molecule is CC.CC1Oc2cc(cnc2N)-c2c(nn(C)c2C#N)Cn2c(=O)nc(N)n2-c2ccc(F)cc21. The molecule has 0 aliphatic carbocycles. The summed E-state index contributed by atoms with van der Waals surface area (Å²) in [5.41, 5.74) is 14.0. The molecule has 1 aliphatic rings. The van der Waals surface area contributed by atoms with Crippen molar-refractivity contribution in [1.29, 1.82) is 5.26 Å². The molecule has 11 nitrogen and oxygen atoms in total. The summed E-state index contributed by atoms with van der Waals surface area (Å²) in [6, 6.07) is 7.83. The molecule has 0 fully saturated rings. The van der Waals surface area contributed by atoms with Crippen molar-refractivity contribution >= 4 is 11.8 Å². The highest BCUT2D eigenvalue weighted by atomic mass is 19.1. The molecule has 4 aromatic rings. The van der Waals surface area contributed by atoms with E-state index >= 15 is 0 Å². The Morgan fingerprint density at radius 3 is 2.71 bits per heavy atom. The number of nitrogen functional groups attached to an aromatic ring is 2. The largest absolute Gasteiger partial charge is 0.482 e. The summed E-state index contributed by atoms with van der Waals surface area (Å²) in [7, 11) is 1.63. The number of nitrogens with zero attached hydrogens (tertiary/aromatic N) is 7. The first-order valence-electron chi connectivity index (χ1n) is 10.9. The van der Waals surface area contributed by atoms with Gasteiger partial charge in [-0.1, -0.05) is 13.8 Å². The smallest absolute Gasteiger partial charge is 0.366 e. The highest BCUT2D eigenvalue weighted by Crippen LogP contribution is 2.36. The average Bonchev–Trinajstić information content (AvgIpc) is 3.30. The molecule has 180 valence electrons. The van der Waals surface area contributed by atoms with Gasteiger partial charge in [0, 0.05) is 29.9 Å². The van der Waals surface area contributed by atoms with Crippen LogP contribution in [0.1, 0.15) is 43.8 Å². The van der Waals surface area contributed by atoms with Crippen LogP contribution in [-0.2, 0) is 13.6 Å². The molecular formula is C23H24FN9O2. The van der Waals surface area contributed by atoms with Crippen molar-refractivity contribution in [3.05, 3.63) is 63.7 Å². The molecule has 2 bridgehead atoms. The van der Waals surface area contributed by atoms with E-state index in [1.165, 1.54) is 38.4 Å². The van der Waals surface area contributed by atoms with Gasteiger partial charge in [-0.2, -0.15) is 15.3 Å². The molecule has 3 aromatic heterocycles. The van der Waals surface area contributed by atoms with Crippen LogP contribution in [0.25, 0.3) is 16.8 Å². The number of hydrogen-bond donors (Lipinski definition) is 2. The molecule has 1 aliphatic heterocycles. The standard InChI is InChI=1S/C21H18FN9O2.C2H6/c1-10-13-6-12(22)3-4-15(13)31-20(25)27-21(32)30(31)9-14-18(16(7-23)29(2)28-14)11-5-17(33-10)19(24)26-8-11;1-2/h3-6,8,10H,9H2,1-2H3,(H2,24,26)(H2,25,27,32);1-2H3. The van der Waals surface area contributed by atoms with Gasteiger partial charge in [0.1, 0.15) is 23.7 Å². The lowest BCUT2D eigenvalue weighted by Crippen LogP contribution is -2.26. The van der Waals surface area contributed by atoms with E-state index in [0.29, 0.717) is 28.1 Å². The third-order valence-electron chi connectivity index (χ3n) is 5.54. The average molecular weight is 478 g/mol. The lowest BCUT2D eigenvalue weighted by molar-refractivity contribution is 0.226. The molecule has 0 amide bonds. The minimum atomic E-state index is -0.705. The second-order valence-electron chi connectivity index (χ2n) is 7.60. The quantitative estimate of drug-likeness (QED) is 0.391. The molecule has 5 rings (SSSR count). The van der Waals surface area contributed by atoms with E-state index in [1.807, 2.05) is 13.8 Å². The summed E-state index contributed by atoms with van der Waals surface area (Å²) < 4.78 is 24.4. The second kappa shape index (κ2) is 8.94. The van der Waals surface area contributed by atoms with Crippen LogP contribution in [0.2, 0.25) is 0 Å². The highest BCUT2D eigenvalue weighted by Gasteiger charge is 2.26. The van der Waals surface area contributed by atoms with E-state index in [2.05, 4.69) is 21.1 Å². The number of hydrogen-bond acceptors (Lipinski definition) is 8. The first kappa shape index (κ1) is 23.5. The Kier molecular flexibility index (Phi) is 6.00. The summed E-state index contributed by atoms with van der Waals surface area (Å²) in [4.78, 5) is 20.9. The molecule has 35 heavy (non-hydrogen) atoms. The van der Waals surface area contributed by atoms with E-state index in [9.17, 15) is 14.4 Å². The third-order valence-corrected chi connectivity index (χ3v) is 5.54. The van der Waals surface area contributed by atoms with Crippen LogP contribution in [0.5, 0.6) is 5.75 Å². The van der Waals surface area contributed by atoms with E-state index in [4.69, 9.17) is 16.2 Å². The van der Waals surface area contributed by atoms with Crippen molar-refractivity contribution in [3.8, 4) is 28.6 Å². The Labute approximate surface area is 200 Å². The summed E-state index contributed by atoms with van der Waals surface area (Å²) in [6.07, 6.45) is 0.797. The summed E-state index contributed by atoms with van der Waals surface area (Å²) in [6.45, 7) is 5.65. The fourth-order valence-electron chi connectivity index (χ4n) is 4.05. The van der Waals surface area contributed by atoms with E-state index in [-0.39, 0.29) is 29.8 Å². The van der Waals surface area contributed by atoms with Gasteiger partial charge in [-0.3, -0.25) is 4.68 Å². The molecule has 0 radical (unpaired) electrons. The first-order valence-corrected chi connectivity index (χ1v) is 10.9. The van der Waals surface area contributed by atoms with Gasteiger partial charge >= 0.3 is 5.69 Å². The lowest BCUT2D eigenvalue weighted by atomic mass is 10.0. The van der Waals surface area contributed by atoms with Gasteiger partial charge < -0.3 is 16.2 Å². The zero-order valence-corrected chi connectivity index (χ0v) is 19.7. The molecule has 0 spiro atoms. The molecule has 1 unspecified atom stereocenters. The molecular weight excluding hydrogens is 453 g/mol. The predicted octanol–water partition coefficient (Wildman–Crippen LogP) is 2.53. The number of rotatable bonds is 0. The number of halogens is 1. The van der Waals surface area contributed by atoms with Crippen molar-refractivity contribution in [2.75, 3.05) is 11.5 Å². The normalized spacial score (nSPS) is 14.0. The molecule has 0 saturated heterocycles. The first-order chi connectivity index (χ1) is 16.8. The van der Waals surface area contributed by atoms with Crippen LogP contribution in [0.4, 0.5) is 16.2 Å². The van der Waals surface area contributed by atoms with Gasteiger partial charge in [0.25, 0.3) is 0 Å². The van der Waals surface area contributed by atoms with Gasteiger partial charge in [0.15, 0.2) is 11.6 Å². The molecule has 4 N–H and O–H groups in total. The second-order valence-corrected chi connectivity index (χ2v) is 7.60. The maximum Gasteiger partial charge on any atom is 0.366 e. The van der Waals surface area contributed by atoms with E-state index in [0.717, 1.165) is 0 Å². The van der Waals surface area contributed by atoms with E-state index < -0.39 is 17.6 Å². The fraction of sp³-hybridized carbons (Fsp3) is 0.261. The zero-order valence-electron chi connectivity index (χ0n) is 19.7. The number of pyridine rings is 1. The van der Waals surface area contributed by atoms with Gasteiger partial charge in [-0.15, -0.1) is 0 Å². The minimum absolute atomic E-state index is 0.0559. The number of fused-ring (bicyclic) bond motifs is 7. The number of aromatic nitrogens is 6. The van der Waals surface area contributed by atoms with Crippen LogP contribution < -0.4 is 21.9 Å². The Morgan fingerprint density at radius 2 is 2.00 bits per heavy atom. The number of benzene rings is 1. The molecule has 1 atom stereocenters. The van der Waals surface area contributed by atoms with Crippen LogP contribution in [0.15, 0.2) is 35.3 Å². The van der Waals surface area contributed by atoms with Crippen LogP contribution in [0, 0.1) is 17.1 Å². The molecule has 4 heterocycles. The Hall–Kier alpha value is -4.66. The van der Waals surface area contributed by atoms with Gasteiger partial charge in [-0.05, 0) is 31.2 Å². The van der Waals surface area contributed by atoms with Crippen molar-refractivity contribution in [3.63, 3.8) is 0 Å². The van der Waals surface area contributed by atoms with Crippen molar-refractivity contribution in [1.82, 2.24) is 29.1 Å². The lowest BCUT2D eigenvalue weighted by Gasteiger charge is -2.22.